The van der Waals surface area contributed by atoms with E-state index in [2.05, 4.69) is 39.3 Å². The Labute approximate surface area is 369 Å². The number of hydrogen-bond donors (Lipinski definition) is 0. The fourth-order valence-corrected chi connectivity index (χ4v) is 8.93. The molecule has 338 valence electrons. The van der Waals surface area contributed by atoms with Crippen molar-refractivity contribution in [3.8, 4) is 34.2 Å². The van der Waals surface area contributed by atoms with Crippen LogP contribution in [0.2, 0.25) is 51.4 Å². The molecule has 2 amide bonds. The molecule has 4 aromatic rings. The van der Waals surface area contributed by atoms with Crippen molar-refractivity contribution >= 4 is 28.3 Å². The molecule has 0 aromatic carbocycles. The van der Waals surface area contributed by atoms with E-state index in [0.717, 1.165) is 71.9 Å². The van der Waals surface area contributed by atoms with Gasteiger partial charge in [-0.05, 0) is 79.3 Å². The monoisotopic (exact) mass is 888 g/mol. The summed E-state index contributed by atoms with van der Waals surface area (Å²) in [6.07, 6.45) is 13.1. The number of ether oxygens (including phenoxy) is 4. The molecule has 16 nitrogen and oxygen atoms in total. The molecule has 0 N–H and O–H groups in total. The number of hydrogen-bond acceptors (Lipinski definition) is 12. The third-order valence-corrected chi connectivity index (χ3v) is 14.1. The Balaban J connectivity index is 1.24. The summed E-state index contributed by atoms with van der Waals surface area (Å²) in [4.78, 5) is 58.7. The summed E-state index contributed by atoms with van der Waals surface area (Å²) in [5, 5.41) is 0. The highest BCUT2D eigenvalue weighted by molar-refractivity contribution is 6.76. The molecule has 2 saturated heterocycles. The van der Waals surface area contributed by atoms with Gasteiger partial charge >= 0.3 is 12.2 Å². The van der Waals surface area contributed by atoms with Crippen molar-refractivity contribution in [2.24, 2.45) is 0 Å². The predicted octanol–water partition coefficient (Wildman–Crippen LogP) is 9.43. The maximum Gasteiger partial charge on any atom is 0.410 e. The van der Waals surface area contributed by atoms with Gasteiger partial charge in [0.2, 0.25) is 0 Å². The molecule has 2 aliphatic rings. The zero-order valence-corrected chi connectivity index (χ0v) is 41.0. The minimum Gasteiger partial charge on any atom is -0.444 e. The van der Waals surface area contributed by atoms with Gasteiger partial charge in [-0.3, -0.25) is 9.80 Å². The Morgan fingerprint density at radius 2 is 0.935 bits per heavy atom. The fourth-order valence-electron chi connectivity index (χ4n) is 7.41. The third-order valence-electron chi connectivity index (χ3n) is 10.7. The minimum atomic E-state index is -1.32. The van der Waals surface area contributed by atoms with Gasteiger partial charge in [0.1, 0.15) is 36.3 Å². The molecular formula is C44H68N10O6Si2. The van der Waals surface area contributed by atoms with Crippen molar-refractivity contribution in [2.45, 2.75) is 155 Å². The van der Waals surface area contributed by atoms with Crippen LogP contribution >= 0.6 is 0 Å². The van der Waals surface area contributed by atoms with Gasteiger partial charge in [-0.15, -0.1) is 0 Å². The van der Waals surface area contributed by atoms with Crippen LogP contribution in [0.5, 0.6) is 0 Å². The fraction of sp³-hybridized carbons (Fsp3) is 0.636. The van der Waals surface area contributed by atoms with E-state index >= 15 is 0 Å². The Bertz CT molecular complexity index is 1980. The van der Waals surface area contributed by atoms with Crippen molar-refractivity contribution in [1.29, 1.82) is 0 Å². The van der Waals surface area contributed by atoms with Crippen LogP contribution in [0.1, 0.15) is 91.0 Å². The molecule has 0 bridgehead atoms. The van der Waals surface area contributed by atoms with Crippen LogP contribution < -0.4 is 0 Å². The lowest BCUT2D eigenvalue weighted by Gasteiger charge is -2.29. The van der Waals surface area contributed by atoms with Crippen molar-refractivity contribution < 1.29 is 28.5 Å². The van der Waals surface area contributed by atoms with E-state index in [1.54, 1.807) is 47.0 Å². The number of imidazole rings is 2. The number of rotatable bonds is 15. The van der Waals surface area contributed by atoms with E-state index in [-0.39, 0.29) is 37.7 Å². The van der Waals surface area contributed by atoms with Crippen LogP contribution in [0.15, 0.2) is 37.2 Å². The summed E-state index contributed by atoms with van der Waals surface area (Å²) in [5.41, 5.74) is 1.86. The van der Waals surface area contributed by atoms with Gasteiger partial charge in [0.15, 0.2) is 11.6 Å². The molecule has 6 heterocycles. The van der Waals surface area contributed by atoms with Gasteiger partial charge in [0.05, 0.1) is 35.9 Å². The Kier molecular flexibility index (Phi) is 14.4. The first-order valence-corrected chi connectivity index (χ1v) is 29.4. The average molecular weight is 889 g/mol. The Hall–Kier alpha value is -4.53. The molecule has 0 radical (unpaired) electrons. The first-order chi connectivity index (χ1) is 29.1. The zero-order chi connectivity index (χ0) is 45.0. The molecule has 0 spiro atoms. The number of likely N-dealkylation sites (tertiary alicyclic amines) is 2. The molecule has 4 aromatic heterocycles. The third kappa shape index (κ3) is 12.3. The van der Waals surface area contributed by atoms with Crippen molar-refractivity contribution in [1.82, 2.24) is 48.8 Å². The molecule has 62 heavy (non-hydrogen) atoms. The highest BCUT2D eigenvalue weighted by atomic mass is 28.3. The van der Waals surface area contributed by atoms with Gasteiger partial charge in [-0.1, -0.05) is 39.3 Å². The summed E-state index contributed by atoms with van der Waals surface area (Å²) in [6, 6.07) is 1.55. The second kappa shape index (κ2) is 19.1. The lowest BCUT2D eigenvalue weighted by atomic mass is 10.2. The number of carbonyl (C=O) groups excluding carboxylic acids is 2. The van der Waals surface area contributed by atoms with Crippen LogP contribution in [-0.2, 0) is 32.4 Å². The maximum atomic E-state index is 13.3. The van der Waals surface area contributed by atoms with E-state index in [9.17, 15) is 9.59 Å². The Morgan fingerprint density at radius 1 is 0.581 bits per heavy atom. The molecule has 18 heteroatoms. The molecule has 2 aliphatic heterocycles. The first kappa shape index (κ1) is 47.0. The Morgan fingerprint density at radius 3 is 1.26 bits per heavy atom. The van der Waals surface area contributed by atoms with Gasteiger partial charge in [-0.25, -0.2) is 39.5 Å². The second-order valence-electron chi connectivity index (χ2n) is 20.8. The first-order valence-electron chi connectivity index (χ1n) is 22.0. The molecule has 0 aliphatic carbocycles. The van der Waals surface area contributed by atoms with Gasteiger partial charge < -0.3 is 28.1 Å². The summed E-state index contributed by atoms with van der Waals surface area (Å²) < 4.78 is 28.2. The zero-order valence-electron chi connectivity index (χ0n) is 39.0. The maximum absolute atomic E-state index is 13.3. The van der Waals surface area contributed by atoms with E-state index in [1.807, 2.05) is 50.7 Å². The van der Waals surface area contributed by atoms with E-state index in [0.29, 0.717) is 38.0 Å². The quantitative estimate of drug-likeness (QED) is 0.0822. The summed E-state index contributed by atoms with van der Waals surface area (Å²) in [7, 11) is -2.63. The lowest BCUT2D eigenvalue weighted by Crippen LogP contribution is -2.37. The van der Waals surface area contributed by atoms with Crippen molar-refractivity contribution in [3.63, 3.8) is 0 Å². The second-order valence-corrected chi connectivity index (χ2v) is 32.1. The van der Waals surface area contributed by atoms with E-state index < -0.39 is 27.3 Å². The summed E-state index contributed by atoms with van der Waals surface area (Å²) in [6.45, 7) is 28.3. The summed E-state index contributed by atoms with van der Waals surface area (Å²) in [5.74, 6) is 2.22. The van der Waals surface area contributed by atoms with E-state index in [4.69, 9.17) is 48.9 Å². The van der Waals surface area contributed by atoms with Crippen LogP contribution in [0, 0.1) is 0 Å². The largest absolute Gasteiger partial charge is 0.444 e. The molecule has 2 fully saturated rings. The molecule has 6 rings (SSSR count). The van der Waals surface area contributed by atoms with Crippen molar-refractivity contribution in [3.05, 3.63) is 48.8 Å². The topological polar surface area (TPSA) is 165 Å². The van der Waals surface area contributed by atoms with Gasteiger partial charge in [-0.2, -0.15) is 0 Å². The van der Waals surface area contributed by atoms with Crippen LogP contribution in [0.3, 0.4) is 0 Å². The summed E-state index contributed by atoms with van der Waals surface area (Å²) >= 11 is 0. The number of amides is 2. The molecule has 0 saturated carbocycles. The standard InChI is InChI=1S/C44H68N10O6Si2/c1-43(2,3)59-41(55)51-17-13-15-33(51)39-49-27-35(53(39)29-57-19-21-61(7,8)9)31-23-45-37(46-24-31)38-47-25-32(26-48-38)36-28-50-40(54(36)30-58-20-22-62(10,11)12)34-16-14-18-52(34)42(56)60-44(4,5)6/h23-28,33-34H,13-22,29-30H2,1-12H3/t33-,34-/m0/s1. The SMILES string of the molecule is CC(C)(C)OC(=O)N1CCC[C@H]1c1ncc(-c2cnc(-c3ncc(-c4cnc([C@@H]5CCCN5C(=O)OC(C)(C)C)n4COCC[Si](C)(C)C)cn3)nc2)n1COCC[Si](C)(C)C. The highest BCUT2D eigenvalue weighted by Gasteiger charge is 2.38. The number of aromatic nitrogens is 8. The van der Waals surface area contributed by atoms with Crippen LogP contribution in [0.25, 0.3) is 34.2 Å². The lowest BCUT2D eigenvalue weighted by molar-refractivity contribution is 0.0195. The van der Waals surface area contributed by atoms with Gasteiger partial charge in [0.25, 0.3) is 0 Å². The predicted molar refractivity (Wildman–Crippen MR) is 244 cm³/mol. The highest BCUT2D eigenvalue weighted by Crippen LogP contribution is 2.37. The number of carbonyl (C=O) groups is 2. The molecule has 0 unspecified atom stereocenters. The number of nitrogens with zero attached hydrogens (tertiary/aromatic N) is 10. The molecular weight excluding hydrogens is 821 g/mol. The van der Waals surface area contributed by atoms with Crippen LogP contribution in [0.4, 0.5) is 9.59 Å². The average Bonchev–Trinajstić information content (AvgIpc) is 3.99. The molecule has 2 atom stereocenters. The normalized spacial score (nSPS) is 17.5. The minimum absolute atomic E-state index is 0.252. The van der Waals surface area contributed by atoms with Gasteiger partial charge in [0, 0.05) is 78.4 Å². The van der Waals surface area contributed by atoms with Crippen molar-refractivity contribution in [2.75, 3.05) is 26.3 Å². The smallest absolute Gasteiger partial charge is 0.410 e. The van der Waals surface area contributed by atoms with Crippen LogP contribution in [-0.4, -0.2) is 115 Å². The van der Waals surface area contributed by atoms with E-state index in [1.165, 1.54) is 0 Å².